The van der Waals surface area contributed by atoms with Crippen LogP contribution >= 0.6 is 0 Å². The Morgan fingerprint density at radius 1 is 1.71 bits per heavy atom. The van der Waals surface area contributed by atoms with Crippen LogP contribution in [0.5, 0.6) is 0 Å². The van der Waals surface area contributed by atoms with E-state index in [0.717, 1.165) is 19.5 Å². The molecule has 0 bridgehead atoms. The quantitative estimate of drug-likeness (QED) is 0.823. The van der Waals surface area contributed by atoms with Gasteiger partial charge in [-0.2, -0.15) is 0 Å². The first-order valence-electron chi connectivity index (χ1n) is 5.81. The van der Waals surface area contributed by atoms with Gasteiger partial charge in [0.05, 0.1) is 0 Å². The van der Waals surface area contributed by atoms with Gasteiger partial charge in [-0.25, -0.2) is 9.78 Å². The number of pyridine rings is 1. The van der Waals surface area contributed by atoms with Crippen LogP contribution in [0.25, 0.3) is 0 Å². The van der Waals surface area contributed by atoms with Gasteiger partial charge in [0.25, 0.3) is 0 Å². The number of aromatic carboxylic acids is 1. The second kappa shape index (κ2) is 5.14. The van der Waals surface area contributed by atoms with Gasteiger partial charge in [-0.3, -0.25) is 0 Å². The zero-order valence-corrected chi connectivity index (χ0v) is 9.89. The lowest BCUT2D eigenvalue weighted by Gasteiger charge is -2.20. The number of anilines is 1. The van der Waals surface area contributed by atoms with E-state index in [0.29, 0.717) is 11.9 Å². The monoisotopic (exact) mass is 235 g/mol. The van der Waals surface area contributed by atoms with Crippen LogP contribution in [-0.2, 0) is 0 Å². The summed E-state index contributed by atoms with van der Waals surface area (Å²) in [5.74, 6) is -0.485. The molecule has 0 amide bonds. The van der Waals surface area contributed by atoms with Crippen molar-refractivity contribution in [2.24, 2.45) is 0 Å². The molecule has 2 rings (SSSR count). The van der Waals surface area contributed by atoms with Crippen LogP contribution in [0, 0.1) is 0 Å². The van der Waals surface area contributed by atoms with Gasteiger partial charge in [0.15, 0.2) is 0 Å². The van der Waals surface area contributed by atoms with Crippen molar-refractivity contribution in [2.75, 3.05) is 25.5 Å². The largest absolute Gasteiger partial charge is 0.478 e. The standard InChI is InChI=1S/C12H17N3O2/c1-15-7-3-4-9(15)8-14-11-10(12(16)17)5-2-6-13-11/h2,5-6,9H,3-4,7-8H2,1H3,(H,13,14)(H,16,17). The van der Waals surface area contributed by atoms with E-state index in [1.807, 2.05) is 0 Å². The fourth-order valence-corrected chi connectivity index (χ4v) is 2.17. The first-order valence-corrected chi connectivity index (χ1v) is 5.81. The predicted molar refractivity (Wildman–Crippen MR) is 65.3 cm³/mol. The summed E-state index contributed by atoms with van der Waals surface area (Å²) in [6.07, 6.45) is 3.96. The van der Waals surface area contributed by atoms with Gasteiger partial charge >= 0.3 is 5.97 Å². The summed E-state index contributed by atoms with van der Waals surface area (Å²) in [6.45, 7) is 1.86. The summed E-state index contributed by atoms with van der Waals surface area (Å²) < 4.78 is 0. The summed E-state index contributed by atoms with van der Waals surface area (Å²) in [5, 5.41) is 12.2. The molecule has 1 saturated heterocycles. The number of carboxylic acids is 1. The van der Waals surface area contributed by atoms with E-state index >= 15 is 0 Å². The minimum absolute atomic E-state index is 0.230. The molecule has 0 aliphatic carbocycles. The third-order valence-corrected chi connectivity index (χ3v) is 3.21. The van der Waals surface area contributed by atoms with E-state index in [1.54, 1.807) is 18.3 Å². The molecule has 5 nitrogen and oxygen atoms in total. The number of aromatic nitrogens is 1. The summed E-state index contributed by atoms with van der Waals surface area (Å²) in [7, 11) is 2.09. The molecule has 1 atom stereocenters. The Bertz CT molecular complexity index is 408. The van der Waals surface area contributed by atoms with Crippen molar-refractivity contribution in [2.45, 2.75) is 18.9 Å². The van der Waals surface area contributed by atoms with E-state index in [2.05, 4.69) is 22.2 Å². The Morgan fingerprint density at radius 3 is 3.18 bits per heavy atom. The van der Waals surface area contributed by atoms with E-state index in [-0.39, 0.29) is 5.56 Å². The molecule has 1 aromatic heterocycles. The lowest BCUT2D eigenvalue weighted by molar-refractivity contribution is 0.0697. The van der Waals surface area contributed by atoms with Crippen molar-refractivity contribution in [3.63, 3.8) is 0 Å². The van der Waals surface area contributed by atoms with Crippen LogP contribution in [0.1, 0.15) is 23.2 Å². The summed E-state index contributed by atoms with van der Waals surface area (Å²) in [5.41, 5.74) is 0.230. The van der Waals surface area contributed by atoms with Crippen molar-refractivity contribution in [3.05, 3.63) is 23.9 Å². The number of nitrogens with zero attached hydrogens (tertiary/aromatic N) is 2. The minimum atomic E-state index is -0.944. The first-order chi connectivity index (χ1) is 8.18. The van der Waals surface area contributed by atoms with Crippen molar-refractivity contribution >= 4 is 11.8 Å². The molecule has 0 spiro atoms. The Kier molecular flexibility index (Phi) is 3.58. The topological polar surface area (TPSA) is 65.5 Å². The molecule has 92 valence electrons. The van der Waals surface area contributed by atoms with E-state index < -0.39 is 5.97 Å². The Morgan fingerprint density at radius 2 is 2.53 bits per heavy atom. The molecule has 0 aromatic carbocycles. The van der Waals surface area contributed by atoms with Gasteiger partial charge in [0.1, 0.15) is 11.4 Å². The second-order valence-corrected chi connectivity index (χ2v) is 4.36. The van der Waals surface area contributed by atoms with Crippen LogP contribution < -0.4 is 5.32 Å². The molecule has 17 heavy (non-hydrogen) atoms. The summed E-state index contributed by atoms with van der Waals surface area (Å²) >= 11 is 0. The van der Waals surface area contributed by atoms with E-state index in [4.69, 9.17) is 5.11 Å². The van der Waals surface area contributed by atoms with Crippen LogP contribution in [0.3, 0.4) is 0 Å². The average Bonchev–Trinajstić information content (AvgIpc) is 2.72. The van der Waals surface area contributed by atoms with Crippen molar-refractivity contribution in [1.29, 1.82) is 0 Å². The zero-order valence-electron chi connectivity index (χ0n) is 9.89. The Balaban J connectivity index is 2.01. The highest BCUT2D eigenvalue weighted by Crippen LogP contribution is 2.17. The van der Waals surface area contributed by atoms with Gasteiger partial charge < -0.3 is 15.3 Å². The molecular formula is C12H17N3O2. The molecular weight excluding hydrogens is 218 g/mol. The average molecular weight is 235 g/mol. The first kappa shape index (κ1) is 11.9. The smallest absolute Gasteiger partial charge is 0.339 e. The van der Waals surface area contributed by atoms with Crippen LogP contribution in [0.4, 0.5) is 5.82 Å². The molecule has 0 radical (unpaired) electrons. The number of rotatable bonds is 4. The van der Waals surface area contributed by atoms with Crippen LogP contribution in [0.2, 0.25) is 0 Å². The lowest BCUT2D eigenvalue weighted by Crippen LogP contribution is -2.32. The van der Waals surface area contributed by atoms with E-state index in [9.17, 15) is 4.79 Å². The van der Waals surface area contributed by atoms with Crippen LogP contribution in [-0.4, -0.2) is 47.1 Å². The van der Waals surface area contributed by atoms with E-state index in [1.165, 1.54) is 6.42 Å². The van der Waals surface area contributed by atoms with Crippen molar-refractivity contribution in [1.82, 2.24) is 9.88 Å². The number of carbonyl (C=O) groups is 1. The van der Waals surface area contributed by atoms with Crippen LogP contribution in [0.15, 0.2) is 18.3 Å². The third-order valence-electron chi connectivity index (χ3n) is 3.21. The third kappa shape index (κ3) is 2.74. The van der Waals surface area contributed by atoms with Gasteiger partial charge in [0, 0.05) is 18.8 Å². The Hall–Kier alpha value is -1.62. The normalized spacial score (nSPS) is 20.4. The van der Waals surface area contributed by atoms with Gasteiger partial charge in [0.2, 0.25) is 0 Å². The van der Waals surface area contributed by atoms with Gasteiger partial charge in [-0.1, -0.05) is 0 Å². The number of hydrogen-bond acceptors (Lipinski definition) is 4. The molecule has 2 heterocycles. The summed E-state index contributed by atoms with van der Waals surface area (Å²) in [6, 6.07) is 3.67. The molecule has 2 N–H and O–H groups in total. The molecule has 0 saturated carbocycles. The fourth-order valence-electron chi connectivity index (χ4n) is 2.17. The number of likely N-dealkylation sites (N-methyl/N-ethyl adjacent to an activating group) is 1. The molecule has 1 aromatic rings. The van der Waals surface area contributed by atoms with Crippen molar-refractivity contribution < 1.29 is 9.90 Å². The maximum atomic E-state index is 11.0. The fraction of sp³-hybridized carbons (Fsp3) is 0.500. The zero-order chi connectivity index (χ0) is 12.3. The van der Waals surface area contributed by atoms with Crippen molar-refractivity contribution in [3.8, 4) is 0 Å². The predicted octanol–water partition coefficient (Wildman–Crippen LogP) is 1.29. The number of likely N-dealkylation sites (tertiary alicyclic amines) is 1. The SMILES string of the molecule is CN1CCCC1CNc1ncccc1C(=O)O. The highest BCUT2D eigenvalue weighted by Gasteiger charge is 2.21. The molecule has 1 fully saturated rings. The number of nitrogens with one attached hydrogen (secondary N) is 1. The number of carboxylic acid groups (broad SMARTS) is 1. The molecule has 5 heteroatoms. The van der Waals surface area contributed by atoms with Gasteiger partial charge in [-0.05, 0) is 38.6 Å². The summed E-state index contributed by atoms with van der Waals surface area (Å²) in [4.78, 5) is 17.4. The Labute approximate surface area is 100 Å². The lowest BCUT2D eigenvalue weighted by atomic mass is 10.2. The number of hydrogen-bond donors (Lipinski definition) is 2. The second-order valence-electron chi connectivity index (χ2n) is 4.36. The minimum Gasteiger partial charge on any atom is -0.478 e. The maximum Gasteiger partial charge on any atom is 0.339 e. The highest BCUT2D eigenvalue weighted by atomic mass is 16.4. The van der Waals surface area contributed by atoms with Gasteiger partial charge in [-0.15, -0.1) is 0 Å². The highest BCUT2D eigenvalue weighted by molar-refractivity contribution is 5.92. The molecule has 1 unspecified atom stereocenters. The molecule has 1 aliphatic heterocycles. The maximum absolute atomic E-state index is 11.0. The molecule has 1 aliphatic rings.